The van der Waals surface area contributed by atoms with Gasteiger partial charge in [-0.2, -0.15) is 5.10 Å². The first-order valence-electron chi connectivity index (χ1n) is 11.3. The van der Waals surface area contributed by atoms with E-state index in [2.05, 4.69) is 10.5 Å². The lowest BCUT2D eigenvalue weighted by Crippen LogP contribution is -2.26. The highest BCUT2D eigenvalue weighted by molar-refractivity contribution is 5.90. The summed E-state index contributed by atoms with van der Waals surface area (Å²) in [6, 6.07) is 28.6. The van der Waals surface area contributed by atoms with Crippen LogP contribution in [0.4, 0.5) is 0 Å². The molecule has 3 aromatic carbocycles. The molecule has 1 N–H and O–H groups in total. The van der Waals surface area contributed by atoms with Gasteiger partial charge in [-0.3, -0.25) is 4.79 Å². The number of aromatic nitrogens is 1. The van der Waals surface area contributed by atoms with Gasteiger partial charge in [0.25, 0.3) is 5.91 Å². The van der Waals surface area contributed by atoms with Crippen LogP contribution < -0.4 is 5.43 Å². The van der Waals surface area contributed by atoms with Gasteiger partial charge in [0.05, 0.1) is 24.8 Å². The average molecular weight is 466 g/mol. The van der Waals surface area contributed by atoms with Gasteiger partial charge in [0.15, 0.2) is 0 Å². The molecule has 0 aliphatic carbocycles. The molecule has 1 aromatic heterocycles. The molecule has 0 saturated carbocycles. The Morgan fingerprint density at radius 1 is 0.886 bits per heavy atom. The third kappa shape index (κ3) is 5.22. The summed E-state index contributed by atoms with van der Waals surface area (Å²) >= 11 is 0. The predicted molar refractivity (Wildman–Crippen MR) is 137 cm³/mol. The Labute approximate surface area is 204 Å². The van der Waals surface area contributed by atoms with Gasteiger partial charge >= 0.3 is 5.97 Å². The Morgan fingerprint density at radius 3 is 2.11 bits per heavy atom. The molecule has 176 valence electrons. The molecule has 0 aliphatic rings. The predicted octanol–water partition coefficient (Wildman–Crippen LogP) is 5.16. The van der Waals surface area contributed by atoms with Gasteiger partial charge in [0, 0.05) is 22.6 Å². The molecule has 0 aliphatic heterocycles. The molecule has 0 saturated heterocycles. The number of esters is 1. The smallest absolute Gasteiger partial charge is 0.337 e. The van der Waals surface area contributed by atoms with E-state index in [0.717, 1.165) is 33.8 Å². The lowest BCUT2D eigenvalue weighted by atomic mass is 9.91. The van der Waals surface area contributed by atoms with E-state index in [0.29, 0.717) is 5.56 Å². The fourth-order valence-electron chi connectivity index (χ4n) is 4.22. The van der Waals surface area contributed by atoms with Crippen molar-refractivity contribution >= 4 is 18.1 Å². The molecule has 6 heteroatoms. The number of hydrogen-bond acceptors (Lipinski definition) is 4. The highest BCUT2D eigenvalue weighted by Crippen LogP contribution is 2.25. The fraction of sp³-hybridized carbons (Fsp3) is 0.138. The molecule has 4 aromatic rings. The number of methoxy groups -OCH3 is 1. The number of aryl methyl sites for hydroxylation is 1. The second kappa shape index (κ2) is 10.7. The number of nitrogens with one attached hydrogen (secondary N) is 1. The van der Waals surface area contributed by atoms with Crippen molar-refractivity contribution in [1.29, 1.82) is 0 Å². The Bertz CT molecular complexity index is 1320. The Hall–Kier alpha value is -4.45. The lowest BCUT2D eigenvalue weighted by Gasteiger charge is -2.16. The molecule has 1 heterocycles. The zero-order valence-electron chi connectivity index (χ0n) is 19.9. The van der Waals surface area contributed by atoms with Gasteiger partial charge in [0.2, 0.25) is 0 Å². The third-order valence-corrected chi connectivity index (χ3v) is 5.90. The topological polar surface area (TPSA) is 72.7 Å². The minimum absolute atomic E-state index is 0.210. The van der Waals surface area contributed by atoms with Crippen molar-refractivity contribution in [1.82, 2.24) is 9.99 Å². The van der Waals surface area contributed by atoms with Gasteiger partial charge in [-0.1, -0.05) is 66.7 Å². The maximum absolute atomic E-state index is 13.2. The summed E-state index contributed by atoms with van der Waals surface area (Å²) in [6.07, 6.45) is 1.65. The molecule has 4 rings (SSSR count). The normalized spacial score (nSPS) is 11.1. The molecule has 0 fully saturated rings. The number of carbonyl (C=O) groups excluding carboxylic acids is 2. The summed E-state index contributed by atoms with van der Waals surface area (Å²) in [4.78, 5) is 25.1. The monoisotopic (exact) mass is 465 g/mol. The van der Waals surface area contributed by atoms with Crippen LogP contribution in [0.1, 0.15) is 44.4 Å². The van der Waals surface area contributed by atoms with Crippen molar-refractivity contribution in [3.8, 4) is 5.69 Å². The van der Waals surface area contributed by atoms with E-state index in [4.69, 9.17) is 4.74 Å². The summed E-state index contributed by atoms with van der Waals surface area (Å²) in [7, 11) is 1.37. The third-order valence-electron chi connectivity index (χ3n) is 5.90. The first-order chi connectivity index (χ1) is 17.0. The lowest BCUT2D eigenvalue weighted by molar-refractivity contribution is -0.121. The number of nitrogens with zero attached hydrogens (tertiary/aromatic N) is 2. The SMILES string of the molecule is COC(=O)c1cccc(-n2c(C)cc(/C=N\NC(=O)C(c3ccccc3)c3ccccc3)c2C)c1. The zero-order chi connectivity index (χ0) is 24.8. The Kier molecular flexibility index (Phi) is 7.21. The fourth-order valence-corrected chi connectivity index (χ4v) is 4.22. The number of ether oxygens (including phenoxy) is 1. The van der Waals surface area contributed by atoms with Crippen LogP contribution >= 0.6 is 0 Å². The molecule has 0 radical (unpaired) electrons. The number of amides is 1. The number of rotatable bonds is 7. The number of benzene rings is 3. The van der Waals surface area contributed by atoms with Crippen molar-refractivity contribution in [2.75, 3.05) is 7.11 Å². The highest BCUT2D eigenvalue weighted by atomic mass is 16.5. The quantitative estimate of drug-likeness (QED) is 0.233. The second-order valence-corrected chi connectivity index (χ2v) is 8.19. The summed E-state index contributed by atoms with van der Waals surface area (Å²) in [5.41, 5.74) is 8.61. The van der Waals surface area contributed by atoms with Crippen LogP contribution in [-0.2, 0) is 9.53 Å². The van der Waals surface area contributed by atoms with E-state index in [1.54, 1.807) is 18.3 Å². The molecule has 0 spiro atoms. The van der Waals surface area contributed by atoms with Crippen molar-refractivity contribution in [3.63, 3.8) is 0 Å². The maximum Gasteiger partial charge on any atom is 0.337 e. The van der Waals surface area contributed by atoms with Crippen LogP contribution in [0.2, 0.25) is 0 Å². The molecule has 0 atom stereocenters. The molecule has 35 heavy (non-hydrogen) atoms. The molecule has 6 nitrogen and oxygen atoms in total. The van der Waals surface area contributed by atoms with Crippen molar-refractivity contribution in [2.45, 2.75) is 19.8 Å². The standard InChI is InChI=1S/C29H27N3O3/c1-20-17-25(21(2)32(20)26-16-10-15-24(18-26)29(34)35-3)19-30-31-28(33)27(22-11-6-4-7-12-22)23-13-8-5-9-14-23/h4-19,27H,1-3H3,(H,31,33)/b30-19-. The van der Waals surface area contributed by atoms with Gasteiger partial charge in [0.1, 0.15) is 0 Å². The van der Waals surface area contributed by atoms with Gasteiger partial charge < -0.3 is 9.30 Å². The van der Waals surface area contributed by atoms with E-state index in [1.807, 2.05) is 97.3 Å². The minimum Gasteiger partial charge on any atom is -0.465 e. The first-order valence-corrected chi connectivity index (χ1v) is 11.3. The maximum atomic E-state index is 13.2. The largest absolute Gasteiger partial charge is 0.465 e. The zero-order valence-corrected chi connectivity index (χ0v) is 19.9. The van der Waals surface area contributed by atoms with Crippen LogP contribution in [0.25, 0.3) is 5.69 Å². The van der Waals surface area contributed by atoms with Gasteiger partial charge in [-0.05, 0) is 49.2 Å². The van der Waals surface area contributed by atoms with E-state index < -0.39 is 5.92 Å². The number of carbonyl (C=O) groups is 2. The van der Waals surface area contributed by atoms with E-state index in [9.17, 15) is 9.59 Å². The van der Waals surface area contributed by atoms with Crippen molar-refractivity contribution in [3.05, 3.63) is 125 Å². The van der Waals surface area contributed by atoms with Crippen molar-refractivity contribution in [2.24, 2.45) is 5.10 Å². The number of hydrogen-bond donors (Lipinski definition) is 1. The first kappa shape index (κ1) is 23.7. The number of hydrazone groups is 1. The van der Waals surface area contributed by atoms with Crippen LogP contribution in [0.15, 0.2) is 96.1 Å². The summed E-state index contributed by atoms with van der Waals surface area (Å²) in [5, 5.41) is 4.27. The van der Waals surface area contributed by atoms with Gasteiger partial charge in [-0.15, -0.1) is 0 Å². The average Bonchev–Trinajstić information content (AvgIpc) is 3.17. The van der Waals surface area contributed by atoms with E-state index >= 15 is 0 Å². The Balaban J connectivity index is 1.57. The molecule has 0 unspecified atom stereocenters. The van der Waals surface area contributed by atoms with Gasteiger partial charge in [-0.25, -0.2) is 10.2 Å². The van der Waals surface area contributed by atoms with Crippen LogP contribution in [0, 0.1) is 13.8 Å². The van der Waals surface area contributed by atoms with Crippen LogP contribution in [0.3, 0.4) is 0 Å². The summed E-state index contributed by atoms with van der Waals surface area (Å²) in [6.45, 7) is 3.95. The Morgan fingerprint density at radius 2 is 1.51 bits per heavy atom. The summed E-state index contributed by atoms with van der Waals surface area (Å²) < 4.78 is 6.88. The molecular weight excluding hydrogens is 438 g/mol. The molecular formula is C29H27N3O3. The minimum atomic E-state index is -0.469. The van der Waals surface area contributed by atoms with Crippen LogP contribution in [-0.4, -0.2) is 29.8 Å². The molecule has 0 bridgehead atoms. The van der Waals surface area contributed by atoms with E-state index in [-0.39, 0.29) is 11.9 Å². The van der Waals surface area contributed by atoms with E-state index in [1.165, 1.54) is 7.11 Å². The summed E-state index contributed by atoms with van der Waals surface area (Å²) in [5.74, 6) is -1.06. The highest BCUT2D eigenvalue weighted by Gasteiger charge is 2.22. The van der Waals surface area contributed by atoms with Crippen LogP contribution in [0.5, 0.6) is 0 Å². The van der Waals surface area contributed by atoms with Crippen molar-refractivity contribution < 1.29 is 14.3 Å². The molecule has 1 amide bonds. The second-order valence-electron chi connectivity index (χ2n) is 8.19.